The minimum absolute atomic E-state index is 0.0198. The van der Waals surface area contributed by atoms with Gasteiger partial charge in [0, 0.05) is 37.5 Å². The van der Waals surface area contributed by atoms with Gasteiger partial charge in [-0.25, -0.2) is 18.0 Å². The van der Waals surface area contributed by atoms with Gasteiger partial charge in [0.05, 0.1) is 25.1 Å². The number of likely N-dealkylation sites (tertiary alicyclic amines) is 1. The molecular weight excluding hydrogens is 556 g/mol. The molecule has 5 rings (SSSR count). The summed E-state index contributed by atoms with van der Waals surface area (Å²) < 4.78 is 38.1. The van der Waals surface area contributed by atoms with Crippen LogP contribution in [0.1, 0.15) is 39.2 Å². The van der Waals surface area contributed by atoms with Gasteiger partial charge < -0.3 is 9.64 Å². The normalized spacial score (nSPS) is 14.2. The van der Waals surface area contributed by atoms with Crippen LogP contribution in [0, 0.1) is 0 Å². The highest BCUT2D eigenvalue weighted by Gasteiger charge is 2.30. The van der Waals surface area contributed by atoms with E-state index < -0.39 is 10.0 Å². The van der Waals surface area contributed by atoms with Crippen molar-refractivity contribution in [1.82, 2.24) is 14.5 Å². The van der Waals surface area contributed by atoms with Gasteiger partial charge in [-0.1, -0.05) is 31.2 Å². The fourth-order valence-corrected chi connectivity index (χ4v) is 6.72. The van der Waals surface area contributed by atoms with Crippen LogP contribution in [0.3, 0.4) is 0 Å². The van der Waals surface area contributed by atoms with Gasteiger partial charge in [0.15, 0.2) is 0 Å². The number of piperidine rings is 1. The number of pyridine rings is 1. The summed E-state index contributed by atoms with van der Waals surface area (Å²) in [7, 11) is -2.68. The number of aromatic nitrogens is 3. The van der Waals surface area contributed by atoms with E-state index >= 15 is 0 Å². The zero-order valence-corrected chi connectivity index (χ0v) is 24.7. The Labute approximate surface area is 244 Å². The highest BCUT2D eigenvalue weighted by molar-refractivity contribution is 7.92. The number of anilines is 2. The molecule has 3 heterocycles. The fourth-order valence-electron chi connectivity index (χ4n) is 5.51. The van der Waals surface area contributed by atoms with Crippen LogP contribution in [0.5, 0.6) is 5.88 Å². The molecule has 2 aromatic heterocycles. The molecule has 0 saturated carbocycles. The van der Waals surface area contributed by atoms with E-state index in [4.69, 9.17) is 10.5 Å². The van der Waals surface area contributed by atoms with Crippen molar-refractivity contribution in [3.8, 4) is 17.0 Å². The van der Waals surface area contributed by atoms with E-state index in [2.05, 4.69) is 9.71 Å². The molecule has 0 atom stereocenters. The Hall–Kier alpha value is -4.45. The molecule has 0 spiro atoms. The summed E-state index contributed by atoms with van der Waals surface area (Å²) in [6.07, 6.45) is 3.58. The van der Waals surface area contributed by atoms with E-state index in [9.17, 15) is 18.0 Å². The predicted octanol–water partition coefficient (Wildman–Crippen LogP) is 3.34. The first-order valence-corrected chi connectivity index (χ1v) is 15.4. The number of aryl methyl sites for hydroxylation is 1. The van der Waals surface area contributed by atoms with Crippen molar-refractivity contribution in [3.05, 3.63) is 71.1 Å². The molecule has 1 amide bonds. The standard InChI is InChI=1S/C30H34N6O5S/c1-4-14-35-26-11-10-21(17-25(26)29(38)36(30(35)31)24-12-15-34(16-13-24)20(2)37)22-18-27(28(41-3)32-19-22)42(39,40)33-23-8-6-5-7-9-23/h5-11,17-19,24,31,33H,4,12-16H2,1-3H3/p+1. The monoisotopic (exact) mass is 591 g/mol. The van der Waals surface area contributed by atoms with Gasteiger partial charge >= 0.3 is 11.5 Å². The molecule has 0 unspecified atom stereocenters. The van der Waals surface area contributed by atoms with Crippen molar-refractivity contribution in [2.24, 2.45) is 0 Å². The minimum Gasteiger partial charge on any atom is -0.480 e. The topological polar surface area (TPSA) is 140 Å². The lowest BCUT2D eigenvalue weighted by Crippen LogP contribution is -2.48. The van der Waals surface area contributed by atoms with Crippen LogP contribution in [0.2, 0.25) is 0 Å². The van der Waals surface area contributed by atoms with E-state index in [0.717, 1.165) is 6.42 Å². The van der Waals surface area contributed by atoms with E-state index in [1.165, 1.54) is 19.4 Å². The number of methoxy groups -OCH3 is 1. The van der Waals surface area contributed by atoms with Crippen LogP contribution in [-0.4, -0.2) is 49.0 Å². The van der Waals surface area contributed by atoms with Gasteiger partial charge in [0.25, 0.3) is 10.0 Å². The number of carbonyl (C=O) groups excluding carboxylic acids is 1. The molecule has 1 saturated heterocycles. The summed E-state index contributed by atoms with van der Waals surface area (Å²) in [5, 5.41) is 0.465. The number of amides is 1. The maximum absolute atomic E-state index is 14.0. The number of carbonyl (C=O) groups is 1. The third-order valence-electron chi connectivity index (χ3n) is 7.64. The Balaban J connectivity index is 1.61. The molecule has 4 aromatic rings. The van der Waals surface area contributed by atoms with Gasteiger partial charge in [-0.15, -0.1) is 0 Å². The van der Waals surface area contributed by atoms with Crippen LogP contribution in [0.15, 0.2) is 70.5 Å². The van der Waals surface area contributed by atoms with Crippen LogP contribution < -0.4 is 25.3 Å². The molecule has 0 aliphatic carbocycles. The van der Waals surface area contributed by atoms with Crippen molar-refractivity contribution in [1.29, 1.82) is 0 Å². The summed E-state index contributed by atoms with van der Waals surface area (Å²) in [5.41, 5.74) is 8.63. The molecule has 3 N–H and O–H groups in total. The third-order valence-corrected chi connectivity index (χ3v) is 9.02. The lowest BCUT2D eigenvalue weighted by molar-refractivity contribution is -0.661. The molecule has 11 nitrogen and oxygen atoms in total. The molecule has 2 aromatic carbocycles. The highest BCUT2D eigenvalue weighted by Crippen LogP contribution is 2.31. The summed E-state index contributed by atoms with van der Waals surface area (Å²) in [6.45, 7) is 5.33. The number of para-hydroxylation sites is 1. The van der Waals surface area contributed by atoms with Gasteiger partial charge in [0.2, 0.25) is 11.8 Å². The van der Waals surface area contributed by atoms with E-state index in [1.54, 1.807) is 52.8 Å². The first kappa shape index (κ1) is 29.1. The van der Waals surface area contributed by atoms with Crippen molar-refractivity contribution in [2.45, 2.75) is 50.6 Å². The number of nitrogens with zero attached hydrogens (tertiary/aromatic N) is 4. The minimum atomic E-state index is -4.04. The molecule has 42 heavy (non-hydrogen) atoms. The predicted molar refractivity (Wildman–Crippen MR) is 161 cm³/mol. The van der Waals surface area contributed by atoms with Crippen LogP contribution in [0.25, 0.3) is 22.0 Å². The summed E-state index contributed by atoms with van der Waals surface area (Å²) in [6, 6.07) is 15.3. The maximum Gasteiger partial charge on any atom is 0.358 e. The van der Waals surface area contributed by atoms with Crippen LogP contribution >= 0.6 is 0 Å². The maximum atomic E-state index is 14.0. The first-order valence-electron chi connectivity index (χ1n) is 13.9. The average molecular weight is 592 g/mol. The van der Waals surface area contributed by atoms with Crippen LogP contribution in [0.4, 0.5) is 11.6 Å². The second-order valence-corrected chi connectivity index (χ2v) is 12.0. The van der Waals surface area contributed by atoms with Gasteiger partial charge in [-0.05, 0) is 55.2 Å². The molecular formula is C30H35N6O5S+. The number of rotatable bonds is 8. The number of nitrogen functional groups attached to an aromatic ring is 1. The van der Waals surface area contributed by atoms with Crippen molar-refractivity contribution < 1.29 is 22.5 Å². The SMILES string of the molecule is CCC[n+]1c(N)n(C2CCN(C(C)=O)CC2)c(=O)c2cc(-c3cnc(OC)c(S(=O)(=O)Nc4ccccc4)c3)ccc21. The number of hydrogen-bond acceptors (Lipinski definition) is 7. The Bertz CT molecular complexity index is 1800. The van der Waals surface area contributed by atoms with E-state index in [-0.39, 0.29) is 28.3 Å². The number of nitrogens with two attached hydrogens (primary N) is 1. The van der Waals surface area contributed by atoms with Gasteiger partial charge in [-0.3, -0.25) is 20.0 Å². The Morgan fingerprint density at radius 1 is 1.12 bits per heavy atom. The number of sulfonamides is 1. The van der Waals surface area contributed by atoms with Gasteiger partial charge in [0.1, 0.15) is 10.4 Å². The smallest absolute Gasteiger partial charge is 0.358 e. The number of benzene rings is 2. The molecule has 0 radical (unpaired) electrons. The van der Waals surface area contributed by atoms with Gasteiger partial charge in [-0.2, -0.15) is 4.57 Å². The lowest BCUT2D eigenvalue weighted by atomic mass is 10.0. The van der Waals surface area contributed by atoms with Crippen molar-refractivity contribution >= 4 is 38.5 Å². The largest absolute Gasteiger partial charge is 0.480 e. The first-order chi connectivity index (χ1) is 20.1. The molecule has 1 fully saturated rings. The zero-order valence-electron chi connectivity index (χ0n) is 23.9. The molecule has 220 valence electrons. The Morgan fingerprint density at radius 3 is 2.48 bits per heavy atom. The van der Waals surface area contributed by atoms with E-state index in [0.29, 0.717) is 66.1 Å². The molecule has 12 heteroatoms. The van der Waals surface area contributed by atoms with Crippen molar-refractivity contribution in [2.75, 3.05) is 30.7 Å². The average Bonchev–Trinajstić information content (AvgIpc) is 2.99. The Kier molecular flexibility index (Phi) is 8.17. The number of fused-ring (bicyclic) bond motifs is 1. The van der Waals surface area contributed by atoms with E-state index in [1.807, 2.05) is 23.6 Å². The number of ether oxygens (including phenoxy) is 1. The number of hydrogen-bond donors (Lipinski definition) is 2. The lowest BCUT2D eigenvalue weighted by Gasteiger charge is -2.31. The summed E-state index contributed by atoms with van der Waals surface area (Å²) >= 11 is 0. The van der Waals surface area contributed by atoms with Crippen molar-refractivity contribution in [3.63, 3.8) is 0 Å². The zero-order chi connectivity index (χ0) is 30.0. The molecule has 0 bridgehead atoms. The van der Waals surface area contributed by atoms with Crippen LogP contribution in [-0.2, 0) is 21.4 Å². The fraction of sp³-hybridized carbons (Fsp3) is 0.333. The summed E-state index contributed by atoms with van der Waals surface area (Å²) in [4.78, 5) is 31.8. The second kappa shape index (κ2) is 11.8. The number of nitrogens with one attached hydrogen (secondary N) is 1. The second-order valence-electron chi connectivity index (χ2n) is 10.4. The third kappa shape index (κ3) is 5.54. The quantitative estimate of drug-likeness (QED) is 0.300. The molecule has 1 aliphatic heterocycles. The Morgan fingerprint density at radius 2 is 1.83 bits per heavy atom. The molecule has 1 aliphatic rings. The highest BCUT2D eigenvalue weighted by atomic mass is 32.2. The summed E-state index contributed by atoms with van der Waals surface area (Å²) in [5.74, 6) is 0.358.